The van der Waals surface area contributed by atoms with Gasteiger partial charge in [-0.1, -0.05) is 6.42 Å². The Morgan fingerprint density at radius 3 is 2.80 bits per heavy atom. The molecule has 114 valence electrons. The van der Waals surface area contributed by atoms with Crippen molar-refractivity contribution in [2.75, 3.05) is 19.6 Å². The molecule has 2 heterocycles. The first-order chi connectivity index (χ1) is 9.58. The molecule has 7 nitrogen and oxygen atoms in total. The smallest absolute Gasteiger partial charge is 0.332 e. The van der Waals surface area contributed by atoms with Crippen LogP contribution in [0.2, 0.25) is 0 Å². The Hall–Kier alpha value is -1.34. The average Bonchev–Trinajstić information content (AvgIpc) is 2.82. The SMILES string of the molecule is O=C(NCCC(O)C(=O)O)NC1CCN2CCCCC12. The molecule has 2 fully saturated rings. The number of rotatable bonds is 5. The van der Waals surface area contributed by atoms with Crippen molar-refractivity contribution in [2.45, 2.75) is 50.3 Å². The highest BCUT2D eigenvalue weighted by molar-refractivity contribution is 5.75. The van der Waals surface area contributed by atoms with Gasteiger partial charge in [0.2, 0.25) is 0 Å². The minimum Gasteiger partial charge on any atom is -0.479 e. The number of aliphatic carboxylic acids is 1. The van der Waals surface area contributed by atoms with Gasteiger partial charge in [-0.3, -0.25) is 4.90 Å². The molecular weight excluding hydrogens is 262 g/mol. The van der Waals surface area contributed by atoms with Crippen LogP contribution in [0.25, 0.3) is 0 Å². The number of hydrogen-bond acceptors (Lipinski definition) is 4. The number of piperidine rings is 1. The Kier molecular flexibility index (Phi) is 5.19. The van der Waals surface area contributed by atoms with E-state index in [1.807, 2.05) is 0 Å². The Morgan fingerprint density at radius 2 is 2.05 bits per heavy atom. The molecule has 0 aromatic heterocycles. The fourth-order valence-corrected chi connectivity index (χ4v) is 3.08. The average molecular weight is 285 g/mol. The third-order valence-electron chi connectivity index (χ3n) is 4.16. The maximum absolute atomic E-state index is 11.8. The van der Waals surface area contributed by atoms with Crippen LogP contribution in [0.4, 0.5) is 4.79 Å². The van der Waals surface area contributed by atoms with Crippen molar-refractivity contribution in [2.24, 2.45) is 0 Å². The second-order valence-electron chi connectivity index (χ2n) is 5.54. The summed E-state index contributed by atoms with van der Waals surface area (Å²) in [6.45, 7) is 2.31. The molecule has 0 aromatic carbocycles. The first kappa shape index (κ1) is 15.1. The summed E-state index contributed by atoms with van der Waals surface area (Å²) in [5, 5.41) is 23.2. The van der Waals surface area contributed by atoms with E-state index < -0.39 is 12.1 Å². The second-order valence-corrected chi connectivity index (χ2v) is 5.54. The van der Waals surface area contributed by atoms with Crippen LogP contribution in [0.15, 0.2) is 0 Å². The third kappa shape index (κ3) is 3.83. The summed E-state index contributed by atoms with van der Waals surface area (Å²) in [6, 6.07) is 0.346. The van der Waals surface area contributed by atoms with Crippen LogP contribution < -0.4 is 10.6 Å². The third-order valence-corrected chi connectivity index (χ3v) is 4.16. The first-order valence-electron chi connectivity index (χ1n) is 7.27. The van der Waals surface area contributed by atoms with Crippen LogP contribution in [0.3, 0.4) is 0 Å². The lowest BCUT2D eigenvalue weighted by Crippen LogP contribution is -2.50. The topological polar surface area (TPSA) is 102 Å². The largest absolute Gasteiger partial charge is 0.479 e. The zero-order valence-corrected chi connectivity index (χ0v) is 11.5. The maximum Gasteiger partial charge on any atom is 0.332 e. The number of nitrogens with zero attached hydrogens (tertiary/aromatic N) is 1. The van der Waals surface area contributed by atoms with Gasteiger partial charge < -0.3 is 20.8 Å². The molecule has 2 amide bonds. The van der Waals surface area contributed by atoms with E-state index in [1.54, 1.807) is 0 Å². The van der Waals surface area contributed by atoms with Crippen molar-refractivity contribution in [3.63, 3.8) is 0 Å². The van der Waals surface area contributed by atoms with Gasteiger partial charge in [-0.05, 0) is 25.8 Å². The van der Waals surface area contributed by atoms with E-state index in [-0.39, 0.29) is 25.0 Å². The number of aliphatic hydroxyl groups excluding tert-OH is 1. The highest BCUT2D eigenvalue weighted by Gasteiger charge is 2.36. The van der Waals surface area contributed by atoms with E-state index >= 15 is 0 Å². The van der Waals surface area contributed by atoms with Gasteiger partial charge in [0.25, 0.3) is 0 Å². The van der Waals surface area contributed by atoms with Crippen molar-refractivity contribution in [1.82, 2.24) is 15.5 Å². The van der Waals surface area contributed by atoms with E-state index in [2.05, 4.69) is 15.5 Å². The van der Waals surface area contributed by atoms with Gasteiger partial charge in [-0.2, -0.15) is 0 Å². The molecule has 7 heteroatoms. The first-order valence-corrected chi connectivity index (χ1v) is 7.27. The molecule has 20 heavy (non-hydrogen) atoms. The van der Waals surface area contributed by atoms with Crippen molar-refractivity contribution in [3.8, 4) is 0 Å². The van der Waals surface area contributed by atoms with Crippen LogP contribution in [0.1, 0.15) is 32.1 Å². The van der Waals surface area contributed by atoms with Crippen LogP contribution >= 0.6 is 0 Å². The molecule has 2 rings (SSSR count). The number of aliphatic hydroxyl groups is 1. The monoisotopic (exact) mass is 285 g/mol. The number of carbonyl (C=O) groups excluding carboxylic acids is 1. The zero-order chi connectivity index (χ0) is 14.5. The zero-order valence-electron chi connectivity index (χ0n) is 11.5. The standard InChI is InChI=1S/C13H23N3O4/c17-11(12(18)19)4-6-14-13(20)15-9-5-8-16-7-2-1-3-10(9)16/h9-11,17H,1-8H2,(H,18,19)(H2,14,15,20). The van der Waals surface area contributed by atoms with Gasteiger partial charge in [0.05, 0.1) is 0 Å². The van der Waals surface area contributed by atoms with Gasteiger partial charge in [-0.25, -0.2) is 9.59 Å². The number of hydrogen-bond donors (Lipinski definition) is 4. The summed E-state index contributed by atoms with van der Waals surface area (Å²) in [5.41, 5.74) is 0. The highest BCUT2D eigenvalue weighted by Crippen LogP contribution is 2.26. The summed E-state index contributed by atoms with van der Waals surface area (Å²) in [4.78, 5) is 24.6. The molecule has 2 saturated heterocycles. The molecule has 0 bridgehead atoms. The molecular formula is C13H23N3O4. The molecule has 0 aliphatic carbocycles. The Labute approximate surface area is 118 Å². The minimum atomic E-state index is -1.42. The Bertz CT molecular complexity index is 364. The number of amides is 2. The van der Waals surface area contributed by atoms with E-state index in [9.17, 15) is 9.59 Å². The summed E-state index contributed by atoms with van der Waals surface area (Å²) in [7, 11) is 0. The fourth-order valence-electron chi connectivity index (χ4n) is 3.08. The second kappa shape index (κ2) is 6.90. The fraction of sp³-hybridized carbons (Fsp3) is 0.846. The minimum absolute atomic E-state index is 0.0168. The lowest BCUT2D eigenvalue weighted by atomic mass is 9.99. The lowest BCUT2D eigenvalue weighted by molar-refractivity contribution is -0.146. The number of carbonyl (C=O) groups is 2. The lowest BCUT2D eigenvalue weighted by Gasteiger charge is -2.32. The van der Waals surface area contributed by atoms with E-state index in [0.717, 1.165) is 25.9 Å². The number of urea groups is 1. The van der Waals surface area contributed by atoms with Crippen molar-refractivity contribution in [1.29, 1.82) is 0 Å². The van der Waals surface area contributed by atoms with Gasteiger partial charge in [0.15, 0.2) is 6.10 Å². The number of carboxylic acid groups (broad SMARTS) is 1. The van der Waals surface area contributed by atoms with Crippen LogP contribution in [0.5, 0.6) is 0 Å². The predicted molar refractivity (Wildman–Crippen MR) is 72.4 cm³/mol. The number of nitrogens with one attached hydrogen (secondary N) is 2. The molecule has 4 N–H and O–H groups in total. The quantitative estimate of drug-likeness (QED) is 0.558. The molecule has 3 atom stereocenters. The summed E-state index contributed by atoms with van der Waals surface area (Å²) < 4.78 is 0. The normalized spacial score (nSPS) is 27.6. The van der Waals surface area contributed by atoms with Crippen molar-refractivity contribution < 1.29 is 19.8 Å². The van der Waals surface area contributed by atoms with E-state index in [0.29, 0.717) is 6.04 Å². The van der Waals surface area contributed by atoms with E-state index in [4.69, 9.17) is 10.2 Å². The summed E-state index contributed by atoms with van der Waals surface area (Å²) in [5.74, 6) is -1.26. The van der Waals surface area contributed by atoms with Crippen LogP contribution in [0, 0.1) is 0 Å². The van der Waals surface area contributed by atoms with Gasteiger partial charge in [0, 0.05) is 31.6 Å². The van der Waals surface area contributed by atoms with Gasteiger partial charge in [0.1, 0.15) is 0 Å². The summed E-state index contributed by atoms with van der Waals surface area (Å²) >= 11 is 0. The predicted octanol–water partition coefficient (Wildman–Crippen LogP) is -0.252. The van der Waals surface area contributed by atoms with Gasteiger partial charge in [-0.15, -0.1) is 0 Å². The molecule has 2 aliphatic rings. The molecule has 0 aromatic rings. The molecule has 3 unspecified atom stereocenters. The van der Waals surface area contributed by atoms with E-state index in [1.165, 1.54) is 12.8 Å². The number of fused-ring (bicyclic) bond motifs is 1. The van der Waals surface area contributed by atoms with Crippen LogP contribution in [-0.4, -0.2) is 64.9 Å². The highest BCUT2D eigenvalue weighted by atomic mass is 16.4. The molecule has 0 saturated carbocycles. The molecule has 0 spiro atoms. The van der Waals surface area contributed by atoms with Crippen molar-refractivity contribution >= 4 is 12.0 Å². The number of carboxylic acids is 1. The summed E-state index contributed by atoms with van der Waals surface area (Å²) in [6.07, 6.45) is 3.14. The van der Waals surface area contributed by atoms with Crippen molar-refractivity contribution in [3.05, 3.63) is 0 Å². The Morgan fingerprint density at radius 1 is 1.25 bits per heavy atom. The Balaban J connectivity index is 1.68. The van der Waals surface area contributed by atoms with Gasteiger partial charge >= 0.3 is 12.0 Å². The van der Waals surface area contributed by atoms with Crippen LogP contribution in [-0.2, 0) is 4.79 Å². The molecule has 2 aliphatic heterocycles. The molecule has 0 radical (unpaired) electrons. The maximum atomic E-state index is 11.8.